The summed E-state index contributed by atoms with van der Waals surface area (Å²) >= 11 is 6.01. The Hall–Kier alpha value is -2.36. The molecular weight excluding hydrogens is 306 g/mol. The van der Waals surface area contributed by atoms with Crippen LogP contribution >= 0.6 is 11.6 Å². The summed E-state index contributed by atoms with van der Waals surface area (Å²) < 4.78 is 0. The minimum Gasteiger partial charge on any atom is -0.383 e. The summed E-state index contributed by atoms with van der Waals surface area (Å²) in [6.07, 6.45) is 0. The fourth-order valence-corrected chi connectivity index (χ4v) is 2.96. The third-order valence-corrected chi connectivity index (χ3v) is 4.21. The van der Waals surface area contributed by atoms with Crippen molar-refractivity contribution in [1.82, 2.24) is 4.98 Å². The van der Waals surface area contributed by atoms with Crippen LogP contribution in [-0.4, -0.2) is 4.98 Å². The molecule has 4 N–H and O–H groups in total. The molecular formula is C19H18ClN3. The molecule has 0 bridgehead atoms. The molecule has 0 amide bonds. The fourth-order valence-electron chi connectivity index (χ4n) is 2.84. The van der Waals surface area contributed by atoms with E-state index in [-0.39, 0.29) is 0 Å². The predicted molar refractivity (Wildman–Crippen MR) is 97.2 cm³/mol. The van der Waals surface area contributed by atoms with Crippen molar-refractivity contribution in [2.45, 2.75) is 13.5 Å². The van der Waals surface area contributed by atoms with Gasteiger partial charge in [-0.05, 0) is 35.7 Å². The third-order valence-electron chi connectivity index (χ3n) is 3.96. The van der Waals surface area contributed by atoms with E-state index >= 15 is 0 Å². The number of aromatic nitrogens is 1. The smallest absolute Gasteiger partial charge is 0.129 e. The van der Waals surface area contributed by atoms with E-state index in [0.717, 1.165) is 33.5 Å². The summed E-state index contributed by atoms with van der Waals surface area (Å²) in [6, 6.07) is 17.7. The molecule has 0 saturated heterocycles. The van der Waals surface area contributed by atoms with Gasteiger partial charge < -0.3 is 11.5 Å². The molecule has 116 valence electrons. The van der Waals surface area contributed by atoms with Gasteiger partial charge in [0, 0.05) is 22.7 Å². The number of rotatable bonds is 3. The molecule has 0 unspecified atom stereocenters. The standard InChI is InChI=1S/C19H18ClN3/c1-12-17(13-7-9-15(20)10-8-13)16(11-21)19(22)23-18(12)14-5-3-2-4-6-14/h2-10H,11,21H2,1H3,(H2,22,23). The highest BCUT2D eigenvalue weighted by molar-refractivity contribution is 6.30. The molecule has 0 aliphatic rings. The van der Waals surface area contributed by atoms with Gasteiger partial charge in [0.25, 0.3) is 0 Å². The Balaban J connectivity index is 2.29. The first-order chi connectivity index (χ1) is 11.1. The predicted octanol–water partition coefficient (Wildman–Crippen LogP) is 4.42. The molecule has 0 aliphatic heterocycles. The summed E-state index contributed by atoms with van der Waals surface area (Å²) in [7, 11) is 0. The van der Waals surface area contributed by atoms with Gasteiger partial charge in [0.15, 0.2) is 0 Å². The van der Waals surface area contributed by atoms with Crippen LogP contribution < -0.4 is 11.5 Å². The Morgan fingerprint density at radius 2 is 1.61 bits per heavy atom. The Labute approximate surface area is 140 Å². The minimum absolute atomic E-state index is 0.340. The number of anilines is 1. The molecule has 0 radical (unpaired) electrons. The largest absolute Gasteiger partial charge is 0.383 e. The van der Waals surface area contributed by atoms with Gasteiger partial charge in [-0.2, -0.15) is 0 Å². The van der Waals surface area contributed by atoms with Gasteiger partial charge in [0.05, 0.1) is 5.69 Å². The lowest BCUT2D eigenvalue weighted by Gasteiger charge is -2.17. The van der Waals surface area contributed by atoms with E-state index in [2.05, 4.69) is 11.9 Å². The summed E-state index contributed by atoms with van der Waals surface area (Å²) in [5.74, 6) is 0.474. The highest BCUT2D eigenvalue weighted by atomic mass is 35.5. The summed E-state index contributed by atoms with van der Waals surface area (Å²) in [5, 5.41) is 0.700. The third kappa shape index (κ3) is 2.93. The van der Waals surface area contributed by atoms with Crippen LogP contribution in [0, 0.1) is 6.92 Å². The van der Waals surface area contributed by atoms with Crippen LogP contribution in [0.4, 0.5) is 5.82 Å². The molecule has 0 saturated carbocycles. The molecule has 3 rings (SSSR count). The lowest BCUT2D eigenvalue weighted by Crippen LogP contribution is -2.09. The number of pyridine rings is 1. The molecule has 1 aromatic heterocycles. The van der Waals surface area contributed by atoms with Crippen molar-refractivity contribution in [2.24, 2.45) is 5.73 Å². The van der Waals surface area contributed by atoms with E-state index in [4.69, 9.17) is 23.1 Å². The Bertz CT molecular complexity index is 827. The van der Waals surface area contributed by atoms with Crippen molar-refractivity contribution in [2.75, 3.05) is 5.73 Å². The Morgan fingerprint density at radius 1 is 0.957 bits per heavy atom. The average Bonchev–Trinajstić information content (AvgIpc) is 2.58. The first kappa shape index (κ1) is 15.5. The molecule has 1 heterocycles. The number of halogens is 1. The van der Waals surface area contributed by atoms with Crippen molar-refractivity contribution in [1.29, 1.82) is 0 Å². The zero-order chi connectivity index (χ0) is 16.4. The number of hydrogen-bond donors (Lipinski definition) is 2. The molecule has 3 aromatic rings. The summed E-state index contributed by atoms with van der Waals surface area (Å²) in [4.78, 5) is 4.59. The van der Waals surface area contributed by atoms with Gasteiger partial charge in [-0.15, -0.1) is 0 Å². The van der Waals surface area contributed by atoms with Crippen molar-refractivity contribution in [3.05, 3.63) is 70.7 Å². The van der Waals surface area contributed by atoms with Crippen LogP contribution in [0.2, 0.25) is 5.02 Å². The minimum atomic E-state index is 0.340. The second kappa shape index (κ2) is 6.41. The van der Waals surface area contributed by atoms with Gasteiger partial charge >= 0.3 is 0 Å². The monoisotopic (exact) mass is 323 g/mol. The van der Waals surface area contributed by atoms with E-state index in [1.165, 1.54) is 0 Å². The molecule has 0 fully saturated rings. The number of hydrogen-bond acceptors (Lipinski definition) is 3. The molecule has 23 heavy (non-hydrogen) atoms. The number of benzene rings is 2. The van der Waals surface area contributed by atoms with Gasteiger partial charge in [0.1, 0.15) is 5.82 Å². The molecule has 0 spiro atoms. The lowest BCUT2D eigenvalue weighted by molar-refractivity contribution is 1.05. The van der Waals surface area contributed by atoms with E-state index in [1.54, 1.807) is 0 Å². The molecule has 2 aromatic carbocycles. The maximum Gasteiger partial charge on any atom is 0.129 e. The number of nitrogens with zero attached hydrogens (tertiary/aromatic N) is 1. The average molecular weight is 324 g/mol. The first-order valence-electron chi connectivity index (χ1n) is 7.42. The van der Waals surface area contributed by atoms with Gasteiger partial charge in [-0.25, -0.2) is 4.98 Å². The maximum atomic E-state index is 6.19. The normalized spacial score (nSPS) is 10.7. The van der Waals surface area contributed by atoms with Gasteiger partial charge in [-0.3, -0.25) is 0 Å². The highest BCUT2D eigenvalue weighted by Crippen LogP contribution is 2.36. The number of nitrogen functional groups attached to an aromatic ring is 1. The van der Waals surface area contributed by atoms with E-state index in [9.17, 15) is 0 Å². The van der Waals surface area contributed by atoms with E-state index in [1.807, 2.05) is 54.6 Å². The first-order valence-corrected chi connectivity index (χ1v) is 7.80. The fraction of sp³-hybridized carbons (Fsp3) is 0.105. The van der Waals surface area contributed by atoms with E-state index < -0.39 is 0 Å². The zero-order valence-electron chi connectivity index (χ0n) is 12.9. The van der Waals surface area contributed by atoms with Crippen LogP contribution in [0.3, 0.4) is 0 Å². The summed E-state index contributed by atoms with van der Waals surface area (Å²) in [5.41, 5.74) is 18.0. The van der Waals surface area contributed by atoms with Crippen LogP contribution in [0.1, 0.15) is 11.1 Å². The van der Waals surface area contributed by atoms with Gasteiger partial charge in [0.2, 0.25) is 0 Å². The van der Waals surface area contributed by atoms with Crippen molar-refractivity contribution in [3.63, 3.8) is 0 Å². The highest BCUT2D eigenvalue weighted by Gasteiger charge is 2.17. The second-order valence-corrected chi connectivity index (χ2v) is 5.84. The van der Waals surface area contributed by atoms with Crippen LogP contribution in [0.15, 0.2) is 54.6 Å². The molecule has 0 atom stereocenters. The molecule has 0 aliphatic carbocycles. The second-order valence-electron chi connectivity index (χ2n) is 5.40. The summed E-state index contributed by atoms with van der Waals surface area (Å²) in [6.45, 7) is 2.39. The van der Waals surface area contributed by atoms with Crippen molar-refractivity contribution in [3.8, 4) is 22.4 Å². The topological polar surface area (TPSA) is 64.9 Å². The molecule has 3 nitrogen and oxygen atoms in total. The van der Waals surface area contributed by atoms with Crippen LogP contribution in [-0.2, 0) is 6.54 Å². The Kier molecular flexibility index (Phi) is 4.33. The zero-order valence-corrected chi connectivity index (χ0v) is 13.6. The van der Waals surface area contributed by atoms with Crippen molar-refractivity contribution >= 4 is 17.4 Å². The van der Waals surface area contributed by atoms with Crippen LogP contribution in [0.5, 0.6) is 0 Å². The maximum absolute atomic E-state index is 6.19. The quantitative estimate of drug-likeness (QED) is 0.750. The molecule has 4 heteroatoms. The van der Waals surface area contributed by atoms with Crippen molar-refractivity contribution < 1.29 is 0 Å². The SMILES string of the molecule is Cc1c(-c2ccccc2)nc(N)c(CN)c1-c1ccc(Cl)cc1. The van der Waals surface area contributed by atoms with E-state index in [0.29, 0.717) is 17.4 Å². The van der Waals surface area contributed by atoms with Gasteiger partial charge in [-0.1, -0.05) is 54.1 Å². The Morgan fingerprint density at radius 3 is 2.22 bits per heavy atom. The van der Waals surface area contributed by atoms with Crippen LogP contribution in [0.25, 0.3) is 22.4 Å². The number of nitrogens with two attached hydrogens (primary N) is 2. The lowest BCUT2D eigenvalue weighted by atomic mass is 9.92.